The van der Waals surface area contributed by atoms with Gasteiger partial charge in [-0.05, 0) is 75.1 Å². The van der Waals surface area contributed by atoms with Crippen LogP contribution in [0.2, 0.25) is 0 Å². The van der Waals surface area contributed by atoms with E-state index in [1.807, 2.05) is 12.1 Å². The molecule has 8 heteroatoms. The van der Waals surface area contributed by atoms with Crippen LogP contribution in [0.3, 0.4) is 0 Å². The third-order valence-corrected chi connectivity index (χ3v) is 6.54. The lowest BCUT2D eigenvalue weighted by Gasteiger charge is -2.25. The molecule has 3 N–H and O–H groups in total. The molecular formula is C27H34N4O4. The Morgan fingerprint density at radius 1 is 0.886 bits per heavy atom. The average molecular weight is 479 g/mol. The van der Waals surface area contributed by atoms with Gasteiger partial charge >= 0.3 is 12.0 Å². The molecule has 1 aliphatic carbocycles. The van der Waals surface area contributed by atoms with Crippen molar-refractivity contribution in [1.82, 2.24) is 5.32 Å². The second-order valence-corrected chi connectivity index (χ2v) is 9.11. The molecule has 0 bridgehead atoms. The van der Waals surface area contributed by atoms with Crippen molar-refractivity contribution in [3.05, 3.63) is 53.6 Å². The van der Waals surface area contributed by atoms with Crippen LogP contribution in [0, 0.1) is 0 Å². The van der Waals surface area contributed by atoms with Gasteiger partial charge in [-0.1, -0.05) is 19.3 Å². The number of carbonyl (C=O) groups excluding carboxylic acids is 3. The molecule has 2 aromatic carbocycles. The van der Waals surface area contributed by atoms with Crippen LogP contribution in [-0.2, 0) is 4.74 Å². The molecule has 8 nitrogen and oxygen atoms in total. The highest BCUT2D eigenvalue weighted by Crippen LogP contribution is 2.28. The normalized spacial score (nSPS) is 16.0. The van der Waals surface area contributed by atoms with E-state index in [4.69, 9.17) is 4.74 Å². The monoisotopic (exact) mass is 478 g/mol. The van der Waals surface area contributed by atoms with Crippen LogP contribution in [-0.4, -0.2) is 43.6 Å². The molecule has 2 fully saturated rings. The smallest absolute Gasteiger partial charge is 0.338 e. The van der Waals surface area contributed by atoms with Crippen LogP contribution in [0.25, 0.3) is 0 Å². The zero-order chi connectivity index (χ0) is 24.6. The molecular weight excluding hydrogens is 444 g/mol. The van der Waals surface area contributed by atoms with Crippen molar-refractivity contribution in [1.29, 1.82) is 0 Å². The predicted molar refractivity (Wildman–Crippen MR) is 137 cm³/mol. The van der Waals surface area contributed by atoms with E-state index in [1.54, 1.807) is 37.3 Å². The van der Waals surface area contributed by atoms with Crippen LogP contribution < -0.4 is 20.9 Å². The van der Waals surface area contributed by atoms with Gasteiger partial charge < -0.3 is 25.6 Å². The quantitative estimate of drug-likeness (QED) is 0.477. The highest BCUT2D eigenvalue weighted by atomic mass is 16.5. The summed E-state index contributed by atoms with van der Waals surface area (Å²) in [5.41, 5.74) is 3.01. The Balaban J connectivity index is 1.45. The SMILES string of the molecule is CCOC(=O)c1ccc(NC(=O)Nc2ccc(N3CCCC3)c(C(=O)NC3CCCCC3)c2)cc1. The summed E-state index contributed by atoms with van der Waals surface area (Å²) in [5.74, 6) is -0.488. The molecule has 3 amide bonds. The fourth-order valence-electron chi connectivity index (χ4n) is 4.74. The van der Waals surface area contributed by atoms with Crippen molar-refractivity contribution in [2.24, 2.45) is 0 Å². The first-order valence-electron chi connectivity index (χ1n) is 12.6. The molecule has 35 heavy (non-hydrogen) atoms. The fraction of sp³-hybridized carbons (Fsp3) is 0.444. The topological polar surface area (TPSA) is 99.8 Å². The summed E-state index contributed by atoms with van der Waals surface area (Å²) in [4.78, 5) is 39.9. The third-order valence-electron chi connectivity index (χ3n) is 6.54. The number of anilines is 3. The number of hydrogen-bond acceptors (Lipinski definition) is 5. The maximum Gasteiger partial charge on any atom is 0.338 e. The molecule has 2 aromatic rings. The number of nitrogens with one attached hydrogen (secondary N) is 3. The number of benzene rings is 2. The van der Waals surface area contributed by atoms with Crippen LogP contribution >= 0.6 is 0 Å². The average Bonchev–Trinajstić information content (AvgIpc) is 3.40. The molecule has 2 aliphatic rings. The van der Waals surface area contributed by atoms with Crippen LogP contribution in [0.5, 0.6) is 0 Å². The summed E-state index contributed by atoms with van der Waals surface area (Å²) >= 11 is 0. The number of amides is 3. The number of urea groups is 1. The fourth-order valence-corrected chi connectivity index (χ4v) is 4.74. The van der Waals surface area contributed by atoms with Crippen molar-refractivity contribution < 1.29 is 19.1 Å². The first-order valence-corrected chi connectivity index (χ1v) is 12.6. The number of esters is 1. The predicted octanol–water partition coefficient (Wildman–Crippen LogP) is 5.17. The van der Waals surface area contributed by atoms with Crippen LogP contribution in [0.4, 0.5) is 21.9 Å². The van der Waals surface area contributed by atoms with E-state index in [2.05, 4.69) is 20.9 Å². The van der Waals surface area contributed by atoms with Crippen molar-refractivity contribution in [3.63, 3.8) is 0 Å². The minimum Gasteiger partial charge on any atom is -0.462 e. The van der Waals surface area contributed by atoms with Crippen LogP contribution in [0.15, 0.2) is 42.5 Å². The Bertz CT molecular complexity index is 1040. The van der Waals surface area contributed by atoms with Gasteiger partial charge in [0.15, 0.2) is 0 Å². The van der Waals surface area contributed by atoms with Gasteiger partial charge in [-0.3, -0.25) is 4.79 Å². The van der Waals surface area contributed by atoms with Gasteiger partial charge in [0.2, 0.25) is 0 Å². The van der Waals surface area contributed by atoms with E-state index in [0.717, 1.165) is 57.3 Å². The van der Waals surface area contributed by atoms with Gasteiger partial charge in [-0.25, -0.2) is 9.59 Å². The first-order chi connectivity index (χ1) is 17.0. The zero-order valence-corrected chi connectivity index (χ0v) is 20.3. The molecule has 1 heterocycles. The maximum atomic E-state index is 13.2. The second kappa shape index (κ2) is 11.7. The molecule has 1 aliphatic heterocycles. The summed E-state index contributed by atoms with van der Waals surface area (Å²) in [6, 6.07) is 11.8. The van der Waals surface area contributed by atoms with Crippen molar-refractivity contribution in [2.45, 2.75) is 57.9 Å². The summed E-state index contributed by atoms with van der Waals surface area (Å²) in [6.45, 7) is 3.91. The van der Waals surface area contributed by atoms with Gasteiger partial charge in [0.25, 0.3) is 5.91 Å². The van der Waals surface area contributed by atoms with E-state index in [9.17, 15) is 14.4 Å². The maximum absolute atomic E-state index is 13.2. The van der Waals surface area contributed by atoms with E-state index in [-0.39, 0.29) is 11.9 Å². The van der Waals surface area contributed by atoms with Crippen molar-refractivity contribution >= 4 is 35.0 Å². The van der Waals surface area contributed by atoms with Gasteiger partial charge in [0.05, 0.1) is 17.7 Å². The first kappa shape index (κ1) is 24.6. The minimum absolute atomic E-state index is 0.0857. The highest BCUT2D eigenvalue weighted by molar-refractivity contribution is 6.04. The Morgan fingerprint density at radius 2 is 1.54 bits per heavy atom. The zero-order valence-electron chi connectivity index (χ0n) is 20.3. The summed E-state index contributed by atoms with van der Waals surface area (Å²) in [6.07, 6.45) is 7.77. The molecule has 1 saturated heterocycles. The van der Waals surface area contributed by atoms with E-state index < -0.39 is 12.0 Å². The lowest BCUT2D eigenvalue weighted by molar-refractivity contribution is 0.0526. The number of ether oxygens (including phenoxy) is 1. The van der Waals surface area contributed by atoms with Gasteiger partial charge in [-0.15, -0.1) is 0 Å². The van der Waals surface area contributed by atoms with E-state index >= 15 is 0 Å². The largest absolute Gasteiger partial charge is 0.462 e. The minimum atomic E-state index is -0.429. The molecule has 0 unspecified atom stereocenters. The number of nitrogens with zero attached hydrogens (tertiary/aromatic N) is 1. The molecule has 0 spiro atoms. The summed E-state index contributed by atoms with van der Waals surface area (Å²) in [5, 5.41) is 8.80. The van der Waals surface area contributed by atoms with Crippen molar-refractivity contribution in [2.75, 3.05) is 35.2 Å². The van der Waals surface area contributed by atoms with Crippen LogP contribution in [0.1, 0.15) is 72.6 Å². The van der Waals surface area contributed by atoms with Gasteiger partial charge in [-0.2, -0.15) is 0 Å². The lowest BCUT2D eigenvalue weighted by Crippen LogP contribution is -2.37. The molecule has 186 valence electrons. The number of rotatable bonds is 7. The standard InChI is InChI=1S/C27H34N4O4/c1-2-35-26(33)19-10-12-21(13-11-19)29-27(34)30-22-14-15-24(31-16-6-7-17-31)23(18-22)25(32)28-20-8-4-3-5-9-20/h10-15,18,20H,2-9,16-17H2,1H3,(H,28,32)(H2,29,30,34). The Hall–Kier alpha value is -3.55. The van der Waals surface area contributed by atoms with Gasteiger partial charge in [0, 0.05) is 36.2 Å². The molecule has 1 saturated carbocycles. The molecule has 0 atom stereocenters. The Morgan fingerprint density at radius 3 is 2.23 bits per heavy atom. The third kappa shape index (κ3) is 6.53. The Kier molecular flexibility index (Phi) is 8.23. The second-order valence-electron chi connectivity index (χ2n) is 9.11. The molecule has 0 aromatic heterocycles. The number of carbonyl (C=O) groups is 3. The van der Waals surface area contributed by atoms with E-state index in [1.165, 1.54) is 6.42 Å². The van der Waals surface area contributed by atoms with E-state index in [0.29, 0.717) is 29.1 Å². The van der Waals surface area contributed by atoms with Crippen molar-refractivity contribution in [3.8, 4) is 0 Å². The highest BCUT2D eigenvalue weighted by Gasteiger charge is 2.23. The number of hydrogen-bond donors (Lipinski definition) is 3. The lowest BCUT2D eigenvalue weighted by atomic mass is 9.95. The van der Waals surface area contributed by atoms with Gasteiger partial charge in [0.1, 0.15) is 0 Å². The summed E-state index contributed by atoms with van der Waals surface area (Å²) in [7, 11) is 0. The summed E-state index contributed by atoms with van der Waals surface area (Å²) < 4.78 is 4.98. The molecule has 4 rings (SSSR count). The molecule has 0 radical (unpaired) electrons. The Labute approximate surface area is 206 Å².